The predicted octanol–water partition coefficient (Wildman–Crippen LogP) is 5.04. The average molecular weight is 409 g/mol. The predicted molar refractivity (Wildman–Crippen MR) is 102 cm³/mol. The van der Waals surface area contributed by atoms with E-state index in [1.165, 1.54) is 24.4 Å². The van der Waals surface area contributed by atoms with Crippen LogP contribution in [-0.2, 0) is 6.18 Å². The van der Waals surface area contributed by atoms with Crippen molar-refractivity contribution < 1.29 is 18.3 Å². The van der Waals surface area contributed by atoms with E-state index in [4.69, 9.17) is 11.6 Å². The molecule has 5 nitrogen and oxygen atoms in total. The molecule has 146 valence electrons. The van der Waals surface area contributed by atoms with Crippen LogP contribution in [0.15, 0.2) is 60.8 Å². The van der Waals surface area contributed by atoms with Gasteiger partial charge in [-0.2, -0.15) is 18.2 Å². The number of nitrogens with one attached hydrogen (secondary N) is 2. The van der Waals surface area contributed by atoms with Crippen LogP contribution >= 0.6 is 11.6 Å². The molecule has 3 rings (SSSR count). The standard InChI is InChI=1S/C19H16ClF3N4O/c20-12-4-3-5-13(10-12)26-18-24-9-8-17(27-18)25-11-16(28)14-6-1-2-7-15(14)19(21,22)23/h1-10,16,28H,11H2,(H2,24,25,26,27). The zero-order valence-corrected chi connectivity index (χ0v) is 15.2. The highest BCUT2D eigenvalue weighted by atomic mass is 35.5. The quantitative estimate of drug-likeness (QED) is 0.533. The van der Waals surface area contributed by atoms with E-state index in [-0.39, 0.29) is 18.1 Å². The topological polar surface area (TPSA) is 70.1 Å². The lowest BCUT2D eigenvalue weighted by Gasteiger charge is -2.18. The normalized spacial score (nSPS) is 12.5. The Morgan fingerprint density at radius 1 is 1.07 bits per heavy atom. The molecule has 1 atom stereocenters. The summed E-state index contributed by atoms with van der Waals surface area (Å²) in [7, 11) is 0. The summed E-state index contributed by atoms with van der Waals surface area (Å²) >= 11 is 5.93. The van der Waals surface area contributed by atoms with Crippen LogP contribution in [-0.4, -0.2) is 21.6 Å². The fourth-order valence-corrected chi connectivity index (χ4v) is 2.76. The van der Waals surface area contributed by atoms with Crippen molar-refractivity contribution in [2.45, 2.75) is 12.3 Å². The number of hydrogen-bond donors (Lipinski definition) is 3. The molecule has 0 amide bonds. The van der Waals surface area contributed by atoms with Gasteiger partial charge in [0.2, 0.25) is 5.95 Å². The van der Waals surface area contributed by atoms with E-state index in [0.717, 1.165) is 6.07 Å². The Hall–Kier alpha value is -2.84. The van der Waals surface area contributed by atoms with Gasteiger partial charge >= 0.3 is 6.18 Å². The van der Waals surface area contributed by atoms with E-state index in [1.807, 2.05) is 0 Å². The van der Waals surface area contributed by atoms with E-state index >= 15 is 0 Å². The Morgan fingerprint density at radius 2 is 1.86 bits per heavy atom. The Balaban J connectivity index is 1.68. The number of hydrogen-bond acceptors (Lipinski definition) is 5. The molecule has 0 aliphatic carbocycles. The molecule has 28 heavy (non-hydrogen) atoms. The van der Waals surface area contributed by atoms with Crippen LogP contribution in [0.3, 0.4) is 0 Å². The maximum Gasteiger partial charge on any atom is 0.416 e. The van der Waals surface area contributed by atoms with Gasteiger partial charge in [-0.25, -0.2) is 4.98 Å². The first kappa shape index (κ1) is 19.9. The van der Waals surface area contributed by atoms with E-state index < -0.39 is 17.8 Å². The SMILES string of the molecule is OC(CNc1ccnc(Nc2cccc(Cl)c2)n1)c1ccccc1C(F)(F)F. The van der Waals surface area contributed by atoms with E-state index in [1.54, 1.807) is 30.3 Å². The molecule has 2 aromatic carbocycles. The monoisotopic (exact) mass is 408 g/mol. The van der Waals surface area contributed by atoms with E-state index in [9.17, 15) is 18.3 Å². The maximum atomic E-state index is 13.1. The third-order valence-corrected chi connectivity index (χ3v) is 4.07. The Kier molecular flexibility index (Phi) is 6.01. The van der Waals surface area contributed by atoms with Crippen LogP contribution < -0.4 is 10.6 Å². The number of rotatable bonds is 6. The number of aliphatic hydroxyl groups excluding tert-OH is 1. The number of nitrogens with zero attached hydrogens (tertiary/aromatic N) is 2. The summed E-state index contributed by atoms with van der Waals surface area (Å²) in [5.41, 5.74) is -0.382. The largest absolute Gasteiger partial charge is 0.416 e. The number of aromatic nitrogens is 2. The second-order valence-electron chi connectivity index (χ2n) is 5.88. The molecule has 3 N–H and O–H groups in total. The van der Waals surface area contributed by atoms with Gasteiger partial charge in [0.15, 0.2) is 0 Å². The van der Waals surface area contributed by atoms with Crippen LogP contribution in [0.4, 0.5) is 30.6 Å². The minimum absolute atomic E-state index is 0.152. The highest BCUT2D eigenvalue weighted by Crippen LogP contribution is 2.34. The summed E-state index contributed by atoms with van der Waals surface area (Å²) in [5, 5.41) is 16.6. The summed E-state index contributed by atoms with van der Waals surface area (Å²) in [6.45, 7) is -0.152. The fourth-order valence-electron chi connectivity index (χ4n) is 2.57. The number of anilines is 3. The van der Waals surface area contributed by atoms with Gasteiger partial charge in [0.05, 0.1) is 11.7 Å². The number of benzene rings is 2. The molecule has 1 aromatic heterocycles. The third-order valence-electron chi connectivity index (χ3n) is 3.84. The highest BCUT2D eigenvalue weighted by molar-refractivity contribution is 6.30. The summed E-state index contributed by atoms with van der Waals surface area (Å²) in [5.74, 6) is 0.625. The Labute approximate surface area is 164 Å². The Morgan fingerprint density at radius 3 is 2.61 bits per heavy atom. The first-order chi connectivity index (χ1) is 13.3. The maximum absolute atomic E-state index is 13.1. The number of aliphatic hydroxyl groups is 1. The molecule has 0 bridgehead atoms. The molecule has 0 radical (unpaired) electrons. The molecule has 1 heterocycles. The van der Waals surface area contributed by atoms with Gasteiger partial charge in [0.1, 0.15) is 5.82 Å². The molecular weight excluding hydrogens is 393 g/mol. The summed E-state index contributed by atoms with van der Waals surface area (Å²) in [6, 6.07) is 13.4. The van der Waals surface area contributed by atoms with Crippen molar-refractivity contribution in [1.82, 2.24) is 9.97 Å². The molecule has 9 heteroatoms. The van der Waals surface area contributed by atoms with Gasteiger partial charge in [0.25, 0.3) is 0 Å². The van der Waals surface area contributed by atoms with Crippen molar-refractivity contribution in [2.75, 3.05) is 17.2 Å². The van der Waals surface area contributed by atoms with Crippen LogP contribution in [0, 0.1) is 0 Å². The minimum atomic E-state index is -4.54. The summed E-state index contributed by atoms with van der Waals surface area (Å²) in [6.07, 6.45) is -4.42. The van der Waals surface area contributed by atoms with Crippen molar-refractivity contribution in [3.05, 3.63) is 76.9 Å². The lowest BCUT2D eigenvalue weighted by atomic mass is 10.0. The van der Waals surface area contributed by atoms with Crippen LogP contribution in [0.1, 0.15) is 17.2 Å². The molecular formula is C19H16ClF3N4O. The number of halogens is 4. The summed E-state index contributed by atoms with van der Waals surface area (Å²) in [4.78, 5) is 8.30. The lowest BCUT2D eigenvalue weighted by Crippen LogP contribution is -2.18. The van der Waals surface area contributed by atoms with Crippen molar-refractivity contribution in [1.29, 1.82) is 0 Å². The van der Waals surface area contributed by atoms with Gasteiger partial charge in [-0.3, -0.25) is 0 Å². The van der Waals surface area contributed by atoms with E-state index in [0.29, 0.717) is 16.5 Å². The Bertz CT molecular complexity index is 952. The second kappa shape index (κ2) is 8.45. The molecule has 0 saturated carbocycles. The zero-order chi connectivity index (χ0) is 20.1. The molecule has 0 fully saturated rings. The zero-order valence-electron chi connectivity index (χ0n) is 14.4. The van der Waals surface area contributed by atoms with Crippen molar-refractivity contribution >= 4 is 29.1 Å². The van der Waals surface area contributed by atoms with Gasteiger partial charge in [-0.1, -0.05) is 35.9 Å². The minimum Gasteiger partial charge on any atom is -0.387 e. The van der Waals surface area contributed by atoms with Crippen LogP contribution in [0.25, 0.3) is 0 Å². The first-order valence-corrected chi connectivity index (χ1v) is 8.64. The third kappa shape index (κ3) is 5.11. The van der Waals surface area contributed by atoms with Gasteiger partial charge in [-0.05, 0) is 35.9 Å². The second-order valence-corrected chi connectivity index (χ2v) is 6.32. The number of alkyl halides is 3. The average Bonchev–Trinajstić information content (AvgIpc) is 2.66. The molecule has 0 aliphatic heterocycles. The van der Waals surface area contributed by atoms with Crippen molar-refractivity contribution in [3.8, 4) is 0 Å². The van der Waals surface area contributed by atoms with E-state index in [2.05, 4.69) is 20.6 Å². The first-order valence-electron chi connectivity index (χ1n) is 8.26. The van der Waals surface area contributed by atoms with Gasteiger partial charge in [-0.15, -0.1) is 0 Å². The molecule has 3 aromatic rings. The van der Waals surface area contributed by atoms with Gasteiger partial charge < -0.3 is 15.7 Å². The molecule has 0 spiro atoms. The molecule has 1 unspecified atom stereocenters. The van der Waals surface area contributed by atoms with Crippen LogP contribution in [0.5, 0.6) is 0 Å². The summed E-state index contributed by atoms with van der Waals surface area (Å²) < 4.78 is 39.3. The van der Waals surface area contributed by atoms with Crippen LogP contribution in [0.2, 0.25) is 5.02 Å². The van der Waals surface area contributed by atoms with Crippen molar-refractivity contribution in [2.24, 2.45) is 0 Å². The highest BCUT2D eigenvalue weighted by Gasteiger charge is 2.34. The lowest BCUT2D eigenvalue weighted by molar-refractivity contribution is -0.139. The molecule has 0 saturated heterocycles. The molecule has 0 aliphatic rings. The smallest absolute Gasteiger partial charge is 0.387 e. The fraction of sp³-hybridized carbons (Fsp3) is 0.158. The van der Waals surface area contributed by atoms with Gasteiger partial charge in [0, 0.05) is 23.5 Å². The van der Waals surface area contributed by atoms with Crippen molar-refractivity contribution in [3.63, 3.8) is 0 Å².